The number of rotatable bonds is 4. The Morgan fingerprint density at radius 2 is 1.88 bits per heavy atom. The van der Waals surface area contributed by atoms with Crippen LogP contribution in [-0.4, -0.2) is 96.0 Å². The van der Waals surface area contributed by atoms with Gasteiger partial charge in [0, 0.05) is 51.4 Å². The molecule has 0 N–H and O–H groups in total. The molecule has 0 aromatic heterocycles. The van der Waals surface area contributed by atoms with E-state index in [4.69, 9.17) is 0 Å². The molecule has 6 heteroatoms. The van der Waals surface area contributed by atoms with Gasteiger partial charge in [0.05, 0.1) is 12.6 Å². The first kappa shape index (κ1) is 18.6. The number of fused-ring (bicyclic) bond motifs is 1. The molecule has 25 heavy (non-hydrogen) atoms. The molecule has 1 amide bonds. The summed E-state index contributed by atoms with van der Waals surface area (Å²) in [4.78, 5) is 22.0. The summed E-state index contributed by atoms with van der Waals surface area (Å²) in [5.41, 5.74) is 0. The Morgan fingerprint density at radius 3 is 2.52 bits per heavy atom. The summed E-state index contributed by atoms with van der Waals surface area (Å²) in [6.45, 7) is 13.5. The monoisotopic (exact) mass is 347 g/mol. The average Bonchev–Trinajstić information content (AvgIpc) is 3.03. The van der Waals surface area contributed by atoms with Crippen molar-refractivity contribution in [1.29, 1.82) is 5.26 Å². The Bertz CT molecular complexity index is 508. The standard InChI is InChI=1S/C19H33N5O/c1-15(2)18(11-20)21-7-9-22(10-8-21)19(25)14-24-13-17-5-4-6-23(17)12-16(24)3/h15-18H,4-10,12-14H2,1-3H3/t16-,17-,18+/m1/s1. The summed E-state index contributed by atoms with van der Waals surface area (Å²) in [5.74, 6) is 0.590. The van der Waals surface area contributed by atoms with Crippen LogP contribution in [0.1, 0.15) is 33.6 Å². The van der Waals surface area contributed by atoms with E-state index in [0.29, 0.717) is 24.5 Å². The largest absolute Gasteiger partial charge is 0.339 e. The van der Waals surface area contributed by atoms with Gasteiger partial charge < -0.3 is 4.90 Å². The molecule has 3 aliphatic rings. The van der Waals surface area contributed by atoms with Crippen LogP contribution in [0.25, 0.3) is 0 Å². The molecule has 0 aromatic rings. The van der Waals surface area contributed by atoms with E-state index in [2.05, 4.69) is 41.5 Å². The van der Waals surface area contributed by atoms with E-state index in [9.17, 15) is 10.1 Å². The van der Waals surface area contributed by atoms with Gasteiger partial charge in [-0.3, -0.25) is 19.5 Å². The SMILES string of the molecule is CC(C)[C@H](C#N)N1CCN(C(=O)CN2C[C@H]3CCCN3C[C@H]2C)CC1. The van der Waals surface area contributed by atoms with E-state index < -0.39 is 0 Å². The minimum Gasteiger partial charge on any atom is -0.339 e. The van der Waals surface area contributed by atoms with Crippen molar-refractivity contribution < 1.29 is 4.79 Å². The van der Waals surface area contributed by atoms with Crippen LogP contribution in [0.5, 0.6) is 0 Å². The highest BCUT2D eigenvalue weighted by molar-refractivity contribution is 5.78. The van der Waals surface area contributed by atoms with E-state index in [-0.39, 0.29) is 11.9 Å². The molecule has 3 aliphatic heterocycles. The summed E-state index contributed by atoms with van der Waals surface area (Å²) in [6.07, 6.45) is 2.58. The van der Waals surface area contributed by atoms with Crippen molar-refractivity contribution in [3.05, 3.63) is 0 Å². The highest BCUT2D eigenvalue weighted by Crippen LogP contribution is 2.24. The Morgan fingerprint density at radius 1 is 1.16 bits per heavy atom. The summed E-state index contributed by atoms with van der Waals surface area (Å²) in [5, 5.41) is 9.36. The van der Waals surface area contributed by atoms with E-state index in [0.717, 1.165) is 39.3 Å². The maximum Gasteiger partial charge on any atom is 0.236 e. The molecule has 3 atom stereocenters. The number of nitriles is 1. The highest BCUT2D eigenvalue weighted by atomic mass is 16.2. The fourth-order valence-electron chi connectivity index (χ4n) is 4.64. The van der Waals surface area contributed by atoms with Gasteiger partial charge in [-0.2, -0.15) is 5.26 Å². The number of hydrogen-bond acceptors (Lipinski definition) is 5. The molecule has 0 aromatic carbocycles. The van der Waals surface area contributed by atoms with Gasteiger partial charge in [-0.25, -0.2) is 0 Å². The van der Waals surface area contributed by atoms with Gasteiger partial charge in [-0.05, 0) is 32.2 Å². The van der Waals surface area contributed by atoms with Gasteiger partial charge in [0.15, 0.2) is 0 Å². The molecule has 3 fully saturated rings. The van der Waals surface area contributed by atoms with Crippen LogP contribution in [0.4, 0.5) is 0 Å². The van der Waals surface area contributed by atoms with Crippen LogP contribution in [0.15, 0.2) is 0 Å². The topological polar surface area (TPSA) is 53.8 Å². The molecule has 3 saturated heterocycles. The first-order valence-corrected chi connectivity index (χ1v) is 9.89. The van der Waals surface area contributed by atoms with Gasteiger partial charge in [-0.1, -0.05) is 13.8 Å². The van der Waals surface area contributed by atoms with Gasteiger partial charge in [-0.15, -0.1) is 0 Å². The third-order valence-electron chi connectivity index (χ3n) is 6.23. The predicted molar refractivity (Wildman–Crippen MR) is 98.0 cm³/mol. The molecule has 140 valence electrons. The van der Waals surface area contributed by atoms with Crippen molar-refractivity contribution in [2.75, 3.05) is 52.4 Å². The molecule has 0 radical (unpaired) electrons. The molecular weight excluding hydrogens is 314 g/mol. The Balaban J connectivity index is 1.49. The molecule has 0 spiro atoms. The lowest BCUT2D eigenvalue weighted by Gasteiger charge is -2.43. The third kappa shape index (κ3) is 4.16. The number of nitrogens with zero attached hydrogens (tertiary/aromatic N) is 5. The fourth-order valence-corrected chi connectivity index (χ4v) is 4.64. The Hall–Kier alpha value is -1.16. The summed E-state index contributed by atoms with van der Waals surface area (Å²) < 4.78 is 0. The van der Waals surface area contributed by atoms with Crippen molar-refractivity contribution in [1.82, 2.24) is 19.6 Å². The van der Waals surface area contributed by atoms with Crippen LogP contribution in [-0.2, 0) is 4.79 Å². The fraction of sp³-hybridized carbons (Fsp3) is 0.895. The lowest BCUT2D eigenvalue weighted by molar-refractivity contribution is -0.136. The Kier molecular flexibility index (Phi) is 5.98. The van der Waals surface area contributed by atoms with Gasteiger partial charge >= 0.3 is 0 Å². The van der Waals surface area contributed by atoms with Gasteiger partial charge in [0.1, 0.15) is 6.04 Å². The van der Waals surface area contributed by atoms with Gasteiger partial charge in [0.2, 0.25) is 5.91 Å². The lowest BCUT2D eigenvalue weighted by Crippen LogP contribution is -2.59. The van der Waals surface area contributed by atoms with Crippen LogP contribution in [0.2, 0.25) is 0 Å². The maximum absolute atomic E-state index is 12.8. The molecule has 0 aliphatic carbocycles. The molecule has 6 nitrogen and oxygen atoms in total. The van der Waals surface area contributed by atoms with Crippen molar-refractivity contribution >= 4 is 5.91 Å². The smallest absolute Gasteiger partial charge is 0.236 e. The second kappa shape index (κ2) is 8.03. The minimum absolute atomic E-state index is 0.0345. The normalized spacial score (nSPS) is 30.3. The summed E-state index contributed by atoms with van der Waals surface area (Å²) in [7, 11) is 0. The zero-order valence-electron chi connectivity index (χ0n) is 16.0. The van der Waals surface area contributed by atoms with Gasteiger partial charge in [0.25, 0.3) is 0 Å². The number of amides is 1. The second-order valence-corrected chi connectivity index (χ2v) is 8.30. The summed E-state index contributed by atoms with van der Waals surface area (Å²) >= 11 is 0. The predicted octanol–water partition coefficient (Wildman–Crippen LogP) is 0.847. The van der Waals surface area contributed by atoms with E-state index in [1.807, 2.05) is 4.90 Å². The van der Waals surface area contributed by atoms with Crippen LogP contribution < -0.4 is 0 Å². The maximum atomic E-state index is 12.8. The van der Waals surface area contributed by atoms with Crippen LogP contribution in [0, 0.1) is 17.2 Å². The zero-order chi connectivity index (χ0) is 18.0. The molecule has 0 saturated carbocycles. The lowest BCUT2D eigenvalue weighted by atomic mass is 10.0. The zero-order valence-corrected chi connectivity index (χ0v) is 16.0. The van der Waals surface area contributed by atoms with E-state index >= 15 is 0 Å². The second-order valence-electron chi connectivity index (χ2n) is 8.30. The Labute approximate surface area is 152 Å². The number of carbonyl (C=O) groups excluding carboxylic acids is 1. The van der Waals surface area contributed by atoms with Crippen molar-refractivity contribution in [3.63, 3.8) is 0 Å². The van der Waals surface area contributed by atoms with E-state index in [1.54, 1.807) is 0 Å². The molecular formula is C19H33N5O. The third-order valence-corrected chi connectivity index (χ3v) is 6.23. The molecule has 3 rings (SSSR count). The first-order chi connectivity index (χ1) is 12.0. The van der Waals surface area contributed by atoms with Crippen molar-refractivity contribution in [3.8, 4) is 6.07 Å². The number of hydrogen-bond donors (Lipinski definition) is 0. The molecule has 0 bridgehead atoms. The summed E-state index contributed by atoms with van der Waals surface area (Å²) in [6, 6.07) is 3.50. The van der Waals surface area contributed by atoms with Crippen molar-refractivity contribution in [2.45, 2.75) is 51.7 Å². The van der Waals surface area contributed by atoms with Crippen molar-refractivity contribution in [2.24, 2.45) is 5.92 Å². The molecule has 3 heterocycles. The highest BCUT2D eigenvalue weighted by Gasteiger charge is 2.36. The quantitative estimate of drug-likeness (QED) is 0.755. The van der Waals surface area contributed by atoms with E-state index in [1.165, 1.54) is 19.4 Å². The number of carbonyl (C=O) groups is 1. The van der Waals surface area contributed by atoms with Crippen LogP contribution in [0.3, 0.4) is 0 Å². The molecule has 0 unspecified atom stereocenters. The average molecular weight is 348 g/mol. The first-order valence-electron chi connectivity index (χ1n) is 9.89. The minimum atomic E-state index is -0.0345. The number of piperazine rings is 2. The van der Waals surface area contributed by atoms with Crippen LogP contribution >= 0.6 is 0 Å².